The van der Waals surface area contributed by atoms with Crippen molar-refractivity contribution in [2.75, 3.05) is 0 Å². The number of nitrogens with zero attached hydrogens (tertiary/aromatic N) is 1. The summed E-state index contributed by atoms with van der Waals surface area (Å²) in [7, 11) is -2.49. The summed E-state index contributed by atoms with van der Waals surface area (Å²) >= 11 is 1.42. The zero-order valence-electron chi connectivity index (χ0n) is 15.9. The van der Waals surface area contributed by atoms with Crippen LogP contribution in [0.2, 0.25) is 0 Å². The quantitative estimate of drug-likeness (QED) is 0.612. The topological polar surface area (TPSA) is 110 Å². The fourth-order valence-corrected chi connectivity index (χ4v) is 5.47. The van der Waals surface area contributed by atoms with Gasteiger partial charge in [-0.15, -0.1) is 16.2 Å². The van der Waals surface area contributed by atoms with Crippen molar-refractivity contribution in [3.63, 3.8) is 0 Å². The number of carbonyl (C=O) groups excluding carboxylic acids is 1. The van der Waals surface area contributed by atoms with E-state index in [4.69, 9.17) is 4.42 Å². The van der Waals surface area contributed by atoms with Crippen LogP contribution in [-0.4, -0.2) is 18.9 Å². The van der Waals surface area contributed by atoms with Crippen LogP contribution < -0.4 is 16.0 Å². The predicted molar refractivity (Wildman–Crippen MR) is 109 cm³/mol. The van der Waals surface area contributed by atoms with Crippen molar-refractivity contribution < 1.29 is 17.6 Å². The number of aromatic nitrogens is 1. The molecule has 0 saturated heterocycles. The molecule has 0 radical (unpaired) electrons. The predicted octanol–water partition coefficient (Wildman–Crippen LogP) is 2.48. The van der Waals surface area contributed by atoms with Gasteiger partial charge >= 0.3 is 5.76 Å². The number of nitrogens with one attached hydrogen (secondary N) is 2. The van der Waals surface area contributed by atoms with Gasteiger partial charge in [-0.1, -0.05) is 12.8 Å². The molecule has 154 valence electrons. The smallest absolute Gasteiger partial charge is 0.408 e. The third kappa shape index (κ3) is 4.00. The molecular formula is C19H21N3O5S2. The maximum absolute atomic E-state index is 12.5. The highest BCUT2D eigenvalue weighted by Gasteiger charge is 2.20. The second-order valence-electron chi connectivity index (χ2n) is 7.09. The average Bonchev–Trinajstić information content (AvgIpc) is 3.20. The van der Waals surface area contributed by atoms with E-state index in [2.05, 4.69) is 10.3 Å². The summed E-state index contributed by atoms with van der Waals surface area (Å²) in [5.41, 5.74) is 4.10. The minimum atomic E-state index is -4.02. The number of oxazole rings is 1. The number of hydrazine groups is 1. The fourth-order valence-electron chi connectivity index (χ4n) is 3.47. The molecule has 1 aliphatic carbocycles. The summed E-state index contributed by atoms with van der Waals surface area (Å²) in [6.45, 7) is 0. The highest BCUT2D eigenvalue weighted by atomic mass is 32.2. The lowest BCUT2D eigenvalue weighted by Gasteiger charge is -2.07. The van der Waals surface area contributed by atoms with Crippen molar-refractivity contribution in [3.8, 4) is 0 Å². The lowest BCUT2D eigenvalue weighted by Crippen LogP contribution is -2.41. The summed E-state index contributed by atoms with van der Waals surface area (Å²) in [4.78, 5) is 27.8. The van der Waals surface area contributed by atoms with Crippen molar-refractivity contribution in [2.24, 2.45) is 7.05 Å². The van der Waals surface area contributed by atoms with Gasteiger partial charge in [0.05, 0.1) is 15.3 Å². The Hall–Kier alpha value is -2.43. The number of fused-ring (bicyclic) bond motifs is 2. The minimum absolute atomic E-state index is 0.113. The Balaban J connectivity index is 1.50. The molecule has 2 N–H and O–H groups in total. The van der Waals surface area contributed by atoms with Crippen LogP contribution in [0.1, 0.15) is 45.8 Å². The van der Waals surface area contributed by atoms with Crippen LogP contribution in [-0.2, 0) is 29.9 Å². The van der Waals surface area contributed by atoms with E-state index in [1.165, 1.54) is 64.4 Å². The summed E-state index contributed by atoms with van der Waals surface area (Å²) in [6.07, 6.45) is 6.52. The summed E-state index contributed by atoms with van der Waals surface area (Å²) < 4.78 is 31.4. The summed E-state index contributed by atoms with van der Waals surface area (Å²) in [5, 5.41) is 0. The van der Waals surface area contributed by atoms with Gasteiger partial charge in [-0.2, -0.15) is 0 Å². The Bertz CT molecular complexity index is 1210. The molecule has 0 unspecified atom stereocenters. The third-order valence-corrected chi connectivity index (χ3v) is 7.57. The average molecular weight is 436 g/mol. The van der Waals surface area contributed by atoms with Crippen molar-refractivity contribution in [2.45, 2.75) is 43.4 Å². The molecule has 0 atom stereocenters. The lowest BCUT2D eigenvalue weighted by molar-refractivity contribution is 0.0949. The monoisotopic (exact) mass is 435 g/mol. The third-order valence-electron chi connectivity index (χ3n) is 5.09. The standard InChI is InChI=1S/C19H21N3O5S2/c1-22-14-9-8-13(11-15(14)27-19(22)24)29(25,26)21-20-18(23)17-10-12-6-4-2-3-5-7-16(12)28-17/h8-11,21H,2-7H2,1H3,(H,20,23). The van der Waals surface area contributed by atoms with E-state index in [0.717, 1.165) is 25.7 Å². The molecule has 2 heterocycles. The van der Waals surface area contributed by atoms with Gasteiger partial charge in [0, 0.05) is 18.0 Å². The van der Waals surface area contributed by atoms with Gasteiger partial charge in [0.2, 0.25) is 0 Å². The molecule has 0 fully saturated rings. The molecule has 10 heteroatoms. The molecule has 1 amide bonds. The second-order valence-corrected chi connectivity index (χ2v) is 9.91. The first kappa shape index (κ1) is 19.9. The molecule has 1 aromatic carbocycles. The number of rotatable bonds is 4. The number of amides is 1. The van der Waals surface area contributed by atoms with Crippen LogP contribution in [0, 0.1) is 0 Å². The fraction of sp³-hybridized carbons (Fsp3) is 0.368. The number of hydrogen-bond acceptors (Lipinski definition) is 6. The Kier molecular flexibility index (Phi) is 5.32. The normalized spacial score (nSPS) is 14.9. The van der Waals surface area contributed by atoms with Crippen LogP contribution in [0.5, 0.6) is 0 Å². The maximum atomic E-state index is 12.5. The van der Waals surface area contributed by atoms with Crippen LogP contribution in [0.3, 0.4) is 0 Å². The molecule has 4 rings (SSSR count). The van der Waals surface area contributed by atoms with Gasteiger partial charge in [0.25, 0.3) is 15.9 Å². The van der Waals surface area contributed by atoms with Crippen molar-refractivity contribution in [1.29, 1.82) is 0 Å². The highest BCUT2D eigenvalue weighted by Crippen LogP contribution is 2.28. The Morgan fingerprint density at radius 3 is 2.69 bits per heavy atom. The van der Waals surface area contributed by atoms with E-state index >= 15 is 0 Å². The molecule has 1 aliphatic rings. The van der Waals surface area contributed by atoms with E-state index in [1.807, 2.05) is 6.07 Å². The number of benzene rings is 1. The molecule has 3 aromatic rings. The number of sulfonamides is 1. The Morgan fingerprint density at radius 1 is 1.14 bits per heavy atom. The van der Waals surface area contributed by atoms with E-state index in [9.17, 15) is 18.0 Å². The van der Waals surface area contributed by atoms with E-state index in [-0.39, 0.29) is 10.5 Å². The molecule has 0 spiro atoms. The van der Waals surface area contributed by atoms with Crippen LogP contribution in [0.15, 0.2) is 38.4 Å². The molecule has 29 heavy (non-hydrogen) atoms. The zero-order chi connectivity index (χ0) is 20.6. The SMILES string of the molecule is Cn1c(=O)oc2cc(S(=O)(=O)NNC(=O)c3cc4c(s3)CCCCCC4)ccc21. The molecular weight excluding hydrogens is 414 g/mol. The van der Waals surface area contributed by atoms with Gasteiger partial charge in [0.15, 0.2) is 5.58 Å². The van der Waals surface area contributed by atoms with Crippen LogP contribution in [0.25, 0.3) is 11.1 Å². The highest BCUT2D eigenvalue weighted by molar-refractivity contribution is 7.89. The first-order valence-corrected chi connectivity index (χ1v) is 11.7. The number of thiophene rings is 1. The second kappa shape index (κ2) is 7.77. The molecule has 0 aliphatic heterocycles. The molecule has 2 aromatic heterocycles. The van der Waals surface area contributed by atoms with Crippen molar-refractivity contribution in [3.05, 3.63) is 50.1 Å². The minimum Gasteiger partial charge on any atom is -0.408 e. The molecule has 0 bridgehead atoms. The van der Waals surface area contributed by atoms with Crippen LogP contribution >= 0.6 is 11.3 Å². The molecule has 0 saturated carbocycles. The first-order chi connectivity index (χ1) is 13.8. The number of hydrogen-bond donors (Lipinski definition) is 2. The summed E-state index contributed by atoms with van der Waals surface area (Å²) in [6, 6.07) is 5.94. The van der Waals surface area contributed by atoms with E-state index in [0.29, 0.717) is 10.4 Å². The van der Waals surface area contributed by atoms with Crippen molar-refractivity contribution >= 4 is 38.4 Å². The van der Waals surface area contributed by atoms with Gasteiger partial charge in [-0.3, -0.25) is 14.8 Å². The van der Waals surface area contributed by atoms with Gasteiger partial charge in [0.1, 0.15) is 0 Å². The van der Waals surface area contributed by atoms with Gasteiger partial charge < -0.3 is 4.42 Å². The lowest BCUT2D eigenvalue weighted by atomic mass is 10.00. The van der Waals surface area contributed by atoms with Gasteiger partial charge in [-0.25, -0.2) is 13.2 Å². The van der Waals surface area contributed by atoms with Gasteiger partial charge in [-0.05, 0) is 49.4 Å². The summed E-state index contributed by atoms with van der Waals surface area (Å²) in [5.74, 6) is -1.07. The van der Waals surface area contributed by atoms with E-state index in [1.54, 1.807) is 0 Å². The van der Waals surface area contributed by atoms with E-state index < -0.39 is 21.7 Å². The number of aryl methyl sites for hydroxylation is 3. The zero-order valence-corrected chi connectivity index (χ0v) is 17.5. The van der Waals surface area contributed by atoms with Crippen LogP contribution in [0.4, 0.5) is 0 Å². The Morgan fingerprint density at radius 2 is 1.90 bits per heavy atom. The largest absolute Gasteiger partial charge is 0.419 e. The maximum Gasteiger partial charge on any atom is 0.419 e. The van der Waals surface area contributed by atoms with Crippen molar-refractivity contribution in [1.82, 2.24) is 14.8 Å². The number of carbonyl (C=O) groups is 1. The first-order valence-electron chi connectivity index (χ1n) is 9.38. The Labute approximate surface area is 171 Å². The molecule has 8 nitrogen and oxygen atoms in total.